The van der Waals surface area contributed by atoms with Gasteiger partial charge in [0, 0.05) is 85.2 Å². The molecule has 0 spiro atoms. The van der Waals surface area contributed by atoms with Crippen molar-refractivity contribution in [3.8, 4) is 28.2 Å². The molecule has 0 bridgehead atoms. The van der Waals surface area contributed by atoms with Gasteiger partial charge in [-0.25, -0.2) is 4.58 Å². The molecule has 1 aromatic heterocycles. The second-order valence-corrected chi connectivity index (χ2v) is 21.3. The molecule has 2 amide bonds. The minimum atomic E-state index is -0.260. The van der Waals surface area contributed by atoms with Gasteiger partial charge in [-0.15, -0.1) is 12.6 Å². The fourth-order valence-electron chi connectivity index (χ4n) is 10.4. The van der Waals surface area contributed by atoms with Crippen LogP contribution in [0, 0.1) is 17.4 Å². The lowest BCUT2D eigenvalue weighted by Gasteiger charge is -2.27. The van der Waals surface area contributed by atoms with E-state index in [1.165, 1.54) is 22.5 Å². The molecular weight excluding hydrogens is 1050 g/mol. The van der Waals surface area contributed by atoms with Crippen LogP contribution in [0.25, 0.3) is 39.4 Å². The summed E-state index contributed by atoms with van der Waals surface area (Å²) in [6, 6.07) is 36.6. The van der Waals surface area contributed by atoms with Gasteiger partial charge in [-0.2, -0.15) is 0 Å². The zero-order valence-electron chi connectivity index (χ0n) is 43.8. The van der Waals surface area contributed by atoms with Crippen LogP contribution >= 0.6 is 35.2 Å². The van der Waals surface area contributed by atoms with E-state index >= 15 is 0 Å². The molecule has 0 atom stereocenters. The zero-order valence-corrected chi connectivity index (χ0v) is 46.9. The maximum atomic E-state index is 13.7. The van der Waals surface area contributed by atoms with Crippen molar-refractivity contribution in [2.24, 2.45) is 0 Å². The number of aromatic nitrogens is 1. The summed E-state index contributed by atoms with van der Waals surface area (Å²) in [5.74, 6) is 2.12. The van der Waals surface area contributed by atoms with Crippen molar-refractivity contribution >= 4 is 75.6 Å². The number of anilines is 1. The molecule has 384 valence electrons. The maximum absolute atomic E-state index is 13.7. The zero-order chi connectivity index (χ0) is 52.5. The van der Waals surface area contributed by atoms with Crippen LogP contribution < -0.4 is 30.2 Å². The van der Waals surface area contributed by atoms with Gasteiger partial charge in [0.2, 0.25) is 17.2 Å². The van der Waals surface area contributed by atoms with E-state index in [1.54, 1.807) is 11.7 Å². The Morgan fingerprint density at radius 2 is 1.55 bits per heavy atom. The fourth-order valence-corrected chi connectivity index (χ4v) is 11.0. The number of carbonyl (C=O) groups is 3. The van der Waals surface area contributed by atoms with Gasteiger partial charge in [-0.05, 0) is 177 Å². The molecule has 1 aliphatic carbocycles. The van der Waals surface area contributed by atoms with Gasteiger partial charge in [0.1, 0.15) is 30.4 Å². The maximum Gasteiger partial charge on any atom is 0.262 e. The molecule has 0 radical (unpaired) electrons. The van der Waals surface area contributed by atoms with Crippen LogP contribution in [-0.2, 0) is 21.4 Å². The topological polar surface area (TPSA) is 109 Å². The van der Waals surface area contributed by atoms with Gasteiger partial charge in [-0.3, -0.25) is 19.0 Å². The molecule has 12 heteroatoms. The number of thiol groups is 1. The third kappa shape index (κ3) is 11.9. The Hall–Kier alpha value is -6.38. The number of hydrogen-bond acceptors (Lipinski definition) is 7. The average Bonchev–Trinajstić information content (AvgIpc) is 3.78. The van der Waals surface area contributed by atoms with E-state index < -0.39 is 0 Å². The lowest BCUT2D eigenvalue weighted by Crippen LogP contribution is -2.29. The standard InChI is InChI=1S/C62H68IN5O5S/c1-8-66(9-2)46-28-31-49-56(37-46)73-55(41(3)60(49)43-19-12-10-13-20-43)21-18-22-57-62(5,6)52-39-48(74)30-33-54(52)67(57)36-17-11-14-23-58(69)64-34-15-16-35-65-59(70)40-50-42(4)68(53-32-29-47(72-7)38-51(50)53)61(71)44-24-26-45(63)27-25-44/h10,12-13,18-22,24-33,37-39H,8-9,11,14-17,23,34-36,40H2,1-7H3,(H2-,64,65,69,70,74)/p+1. The first kappa shape index (κ1) is 53.9. The molecule has 0 saturated heterocycles. The summed E-state index contributed by atoms with van der Waals surface area (Å²) in [6.45, 7) is 16.6. The summed E-state index contributed by atoms with van der Waals surface area (Å²) >= 11 is 6.96. The number of nitrogens with one attached hydrogen (secondary N) is 2. The number of allylic oxidation sites excluding steroid dienone is 3. The summed E-state index contributed by atoms with van der Waals surface area (Å²) in [5, 5.41) is 8.09. The smallest absolute Gasteiger partial charge is 0.262 e. The summed E-state index contributed by atoms with van der Waals surface area (Å²) in [5.41, 5.74) is 10.7. The molecule has 10 nitrogen and oxygen atoms in total. The molecular formula is C62H69IN5O5S+. The highest BCUT2D eigenvalue weighted by molar-refractivity contribution is 14.1. The largest absolute Gasteiger partial charge is 0.497 e. The molecule has 0 saturated carbocycles. The number of ether oxygens (including phenoxy) is 1. The summed E-state index contributed by atoms with van der Waals surface area (Å²) in [4.78, 5) is 43.3. The number of fused-ring (bicyclic) bond motifs is 3. The number of unbranched alkanes of at least 4 members (excludes halogenated alkanes) is 3. The van der Waals surface area contributed by atoms with Gasteiger partial charge >= 0.3 is 0 Å². The summed E-state index contributed by atoms with van der Waals surface area (Å²) < 4.78 is 17.3. The third-order valence-corrected chi connectivity index (χ3v) is 15.5. The van der Waals surface area contributed by atoms with E-state index in [-0.39, 0.29) is 29.6 Å². The molecule has 0 unspecified atom stereocenters. The Morgan fingerprint density at radius 1 is 0.824 bits per heavy atom. The molecule has 3 aliphatic rings. The predicted octanol–water partition coefficient (Wildman–Crippen LogP) is 12.5. The highest BCUT2D eigenvalue weighted by atomic mass is 127. The van der Waals surface area contributed by atoms with Crippen molar-refractivity contribution < 1.29 is 23.5 Å². The van der Waals surface area contributed by atoms with E-state index in [4.69, 9.17) is 21.8 Å². The Bertz CT molecular complexity index is 3270. The van der Waals surface area contributed by atoms with Crippen molar-refractivity contribution in [2.45, 2.75) is 96.8 Å². The van der Waals surface area contributed by atoms with Crippen LogP contribution in [-0.4, -0.2) is 62.1 Å². The first-order valence-corrected chi connectivity index (χ1v) is 27.5. The minimum absolute atomic E-state index is 0.0462. The Balaban J connectivity index is 0.842. The summed E-state index contributed by atoms with van der Waals surface area (Å²) in [7, 11) is 1.60. The van der Waals surface area contributed by atoms with Crippen molar-refractivity contribution in [2.75, 3.05) is 44.7 Å². The number of amides is 2. The van der Waals surface area contributed by atoms with Crippen LogP contribution in [0.4, 0.5) is 5.69 Å². The first-order chi connectivity index (χ1) is 35.7. The van der Waals surface area contributed by atoms with Gasteiger partial charge in [-0.1, -0.05) is 56.7 Å². The average molecular weight is 1120 g/mol. The molecule has 2 N–H and O–H groups in total. The van der Waals surface area contributed by atoms with Crippen LogP contribution in [0.2, 0.25) is 0 Å². The van der Waals surface area contributed by atoms with Gasteiger partial charge in [0.15, 0.2) is 0 Å². The van der Waals surface area contributed by atoms with Gasteiger partial charge in [0.05, 0.1) is 25.1 Å². The SMILES string of the molecule is CC[N+](CC)=c1ccc2c(-c3ccccc3)c(C)c(/C=C/C=C3/N(CCCCCC(=O)NCCCCNC(=O)Cc4c(C)n(C(=O)c5ccc(I)cc5)c5ccc(OC)cc45)c4ccc(S)cc4C3(C)C)oc-2c1. The lowest BCUT2D eigenvalue weighted by atomic mass is 9.83. The van der Waals surface area contributed by atoms with Gasteiger partial charge < -0.3 is 24.7 Å². The first-order valence-electron chi connectivity index (χ1n) is 26.0. The second-order valence-electron chi connectivity index (χ2n) is 19.6. The van der Waals surface area contributed by atoms with E-state index in [0.29, 0.717) is 30.8 Å². The Morgan fingerprint density at radius 3 is 2.27 bits per heavy atom. The molecule has 4 aromatic carbocycles. The fraction of sp³-hybridized carbons (Fsp3) is 0.323. The normalized spacial score (nSPS) is 13.5. The predicted molar refractivity (Wildman–Crippen MR) is 313 cm³/mol. The monoisotopic (exact) mass is 1120 g/mol. The van der Waals surface area contributed by atoms with Crippen LogP contribution in [0.3, 0.4) is 0 Å². The minimum Gasteiger partial charge on any atom is -0.497 e. The second kappa shape index (κ2) is 24.3. The van der Waals surface area contributed by atoms with E-state index in [1.807, 2.05) is 49.4 Å². The highest BCUT2D eigenvalue weighted by Gasteiger charge is 2.39. The molecule has 5 aromatic rings. The number of rotatable bonds is 20. The molecule has 2 aliphatic heterocycles. The van der Waals surface area contributed by atoms with Crippen LogP contribution in [0.5, 0.6) is 5.75 Å². The van der Waals surface area contributed by atoms with E-state index in [0.717, 1.165) is 116 Å². The molecule has 8 rings (SSSR count). The Kier molecular flexibility index (Phi) is 17.7. The number of halogens is 1. The van der Waals surface area contributed by atoms with E-state index in [9.17, 15) is 14.4 Å². The van der Waals surface area contributed by atoms with Crippen molar-refractivity contribution in [3.63, 3.8) is 0 Å². The number of carbonyl (C=O) groups excluding carboxylic acids is 3. The highest BCUT2D eigenvalue weighted by Crippen LogP contribution is 2.49. The van der Waals surface area contributed by atoms with Crippen molar-refractivity contribution in [1.29, 1.82) is 0 Å². The Labute approximate surface area is 455 Å². The number of methoxy groups -OCH3 is 1. The van der Waals surface area contributed by atoms with Crippen LogP contribution in [0.1, 0.15) is 105 Å². The lowest BCUT2D eigenvalue weighted by molar-refractivity contribution is -0.121. The number of hydrogen-bond donors (Lipinski definition) is 3. The van der Waals surface area contributed by atoms with Crippen molar-refractivity contribution in [3.05, 3.63) is 170 Å². The molecule has 3 heterocycles. The van der Waals surface area contributed by atoms with E-state index in [2.05, 4.69) is 162 Å². The third-order valence-electron chi connectivity index (χ3n) is 14.5. The molecule has 0 fully saturated rings. The quantitative estimate of drug-likeness (QED) is 0.0304. The van der Waals surface area contributed by atoms with Crippen molar-refractivity contribution in [1.82, 2.24) is 19.8 Å². The van der Waals surface area contributed by atoms with Crippen LogP contribution in [0.15, 0.2) is 136 Å². The van der Waals surface area contributed by atoms with Gasteiger partial charge in [0.25, 0.3) is 5.91 Å². The molecule has 74 heavy (non-hydrogen) atoms. The summed E-state index contributed by atoms with van der Waals surface area (Å²) in [6.07, 6.45) is 11.2. The number of nitrogens with zero attached hydrogens (tertiary/aromatic N) is 3. The number of benzene rings is 5.